The van der Waals surface area contributed by atoms with Crippen LogP contribution in [-0.4, -0.2) is 59.8 Å². The van der Waals surface area contributed by atoms with Gasteiger partial charge in [0, 0.05) is 49.7 Å². The molecule has 3 aromatic rings. The number of amides is 2. The zero-order chi connectivity index (χ0) is 23.5. The molecule has 0 radical (unpaired) electrons. The van der Waals surface area contributed by atoms with Gasteiger partial charge in [-0.15, -0.1) is 0 Å². The van der Waals surface area contributed by atoms with Crippen molar-refractivity contribution in [2.24, 2.45) is 0 Å². The summed E-state index contributed by atoms with van der Waals surface area (Å²) in [7, 11) is 2.04. The number of rotatable bonds is 2. The van der Waals surface area contributed by atoms with Gasteiger partial charge in [-0.3, -0.25) is 9.59 Å². The molecular weight excluding hydrogens is 419 g/mol. The van der Waals surface area contributed by atoms with E-state index in [1.165, 1.54) is 12.1 Å². The van der Waals surface area contributed by atoms with Crippen molar-refractivity contribution in [3.8, 4) is 0 Å². The molecule has 0 fully saturated rings. The van der Waals surface area contributed by atoms with Gasteiger partial charge in [0.05, 0.1) is 0 Å². The summed E-state index contributed by atoms with van der Waals surface area (Å²) in [5.41, 5.74) is 3.88. The Balaban J connectivity index is 1.75. The van der Waals surface area contributed by atoms with Crippen LogP contribution >= 0.6 is 0 Å². The second kappa shape index (κ2) is 9.75. The van der Waals surface area contributed by atoms with Crippen LogP contribution in [0.2, 0.25) is 0 Å². The molecule has 1 N–H and O–H groups in total. The molecule has 2 amide bonds. The highest BCUT2D eigenvalue weighted by atomic mass is 19.1. The summed E-state index contributed by atoms with van der Waals surface area (Å²) >= 11 is 0. The molecule has 0 bridgehead atoms. The number of para-hydroxylation sites is 1. The minimum absolute atomic E-state index is 0.00635. The molecule has 0 saturated heterocycles. The van der Waals surface area contributed by atoms with E-state index in [-0.39, 0.29) is 17.6 Å². The Morgan fingerprint density at radius 1 is 1.06 bits per heavy atom. The first-order valence-electron chi connectivity index (χ1n) is 11.5. The minimum Gasteiger partial charge on any atom is -0.350 e. The zero-order valence-electron chi connectivity index (χ0n) is 19.5. The van der Waals surface area contributed by atoms with E-state index >= 15 is 0 Å². The molecule has 0 saturated carbocycles. The molecule has 2 heterocycles. The van der Waals surface area contributed by atoms with Gasteiger partial charge in [0.25, 0.3) is 5.91 Å². The van der Waals surface area contributed by atoms with Gasteiger partial charge in [-0.2, -0.15) is 0 Å². The third-order valence-corrected chi connectivity index (χ3v) is 6.42. The summed E-state index contributed by atoms with van der Waals surface area (Å²) in [4.78, 5) is 35.3. The molecule has 0 unspecified atom stereocenters. The molecule has 2 aromatic carbocycles. The quantitative estimate of drug-likeness (QED) is 0.637. The van der Waals surface area contributed by atoms with Crippen molar-refractivity contribution in [1.82, 2.24) is 14.8 Å². The maximum absolute atomic E-state index is 13.9. The molecule has 7 heteroatoms. The summed E-state index contributed by atoms with van der Waals surface area (Å²) in [6, 6.07) is 12.4. The van der Waals surface area contributed by atoms with Crippen LogP contribution in [0.15, 0.2) is 42.5 Å². The monoisotopic (exact) mass is 450 g/mol. The Bertz CT molecular complexity index is 1170. The fraction of sp³-hybridized carbons (Fsp3) is 0.385. The zero-order valence-corrected chi connectivity index (χ0v) is 19.5. The number of likely N-dealkylation sites (N-methyl/N-ethyl adjacent to an activating group) is 1. The van der Waals surface area contributed by atoms with E-state index in [9.17, 15) is 14.0 Å². The van der Waals surface area contributed by atoms with E-state index in [1.54, 1.807) is 17.9 Å². The molecule has 0 spiro atoms. The number of anilines is 1. The van der Waals surface area contributed by atoms with Gasteiger partial charge in [-0.25, -0.2) is 4.39 Å². The maximum Gasteiger partial charge on any atom is 0.270 e. The number of fused-ring (bicyclic) bond motifs is 2. The number of carbonyl (C=O) groups excluding carboxylic acids is 2. The summed E-state index contributed by atoms with van der Waals surface area (Å²) in [6.07, 6.45) is 1.47. The van der Waals surface area contributed by atoms with Crippen molar-refractivity contribution in [3.63, 3.8) is 0 Å². The SMILES string of the molecule is CCc1c(C(=O)N2CCN(C)CCCN(C(C)=O)c3ccccc3C2)[nH]c2ccc(F)cc12. The van der Waals surface area contributed by atoms with Crippen LogP contribution < -0.4 is 4.90 Å². The minimum atomic E-state index is -0.315. The van der Waals surface area contributed by atoms with Crippen LogP contribution in [0.25, 0.3) is 10.9 Å². The average molecular weight is 451 g/mol. The van der Waals surface area contributed by atoms with Crippen molar-refractivity contribution in [2.75, 3.05) is 38.1 Å². The highest BCUT2D eigenvalue weighted by Crippen LogP contribution is 2.28. The van der Waals surface area contributed by atoms with Crippen molar-refractivity contribution in [3.05, 3.63) is 65.1 Å². The Morgan fingerprint density at radius 2 is 1.85 bits per heavy atom. The predicted molar refractivity (Wildman–Crippen MR) is 129 cm³/mol. The van der Waals surface area contributed by atoms with E-state index in [2.05, 4.69) is 9.88 Å². The lowest BCUT2D eigenvalue weighted by molar-refractivity contribution is -0.116. The normalized spacial score (nSPS) is 15.9. The summed E-state index contributed by atoms with van der Waals surface area (Å²) in [6.45, 7) is 6.70. The van der Waals surface area contributed by atoms with Crippen LogP contribution in [-0.2, 0) is 17.8 Å². The smallest absolute Gasteiger partial charge is 0.270 e. The Hall–Kier alpha value is -3.19. The van der Waals surface area contributed by atoms with Crippen LogP contribution in [0.4, 0.5) is 10.1 Å². The number of hydrogen-bond acceptors (Lipinski definition) is 3. The van der Waals surface area contributed by atoms with E-state index in [0.717, 1.165) is 47.2 Å². The third kappa shape index (κ3) is 4.78. The van der Waals surface area contributed by atoms with Gasteiger partial charge in [0.1, 0.15) is 11.5 Å². The molecule has 1 aliphatic heterocycles. The standard InChI is InChI=1S/C26H31FN4O2/c1-4-21-22-16-20(27)10-11-23(22)28-25(21)26(33)30-15-14-29(3)12-7-13-31(18(2)32)24-9-6-5-8-19(24)17-30/h5-6,8-11,16,28H,4,7,12-15,17H2,1-3H3. The van der Waals surface area contributed by atoms with E-state index < -0.39 is 0 Å². The number of aromatic nitrogens is 1. The number of carbonyl (C=O) groups is 2. The topological polar surface area (TPSA) is 59.7 Å². The molecule has 174 valence electrons. The number of nitrogens with zero attached hydrogens (tertiary/aromatic N) is 3. The first-order chi connectivity index (χ1) is 15.9. The number of hydrogen-bond donors (Lipinski definition) is 1. The van der Waals surface area contributed by atoms with Gasteiger partial charge in [0.15, 0.2) is 0 Å². The highest BCUT2D eigenvalue weighted by Gasteiger charge is 2.25. The Kier molecular flexibility index (Phi) is 6.79. The average Bonchev–Trinajstić information content (AvgIpc) is 3.15. The first kappa shape index (κ1) is 23.0. The summed E-state index contributed by atoms with van der Waals surface area (Å²) in [5, 5.41) is 0.749. The molecule has 6 nitrogen and oxygen atoms in total. The number of nitrogens with one attached hydrogen (secondary N) is 1. The summed E-state index contributed by atoms with van der Waals surface area (Å²) in [5.74, 6) is -0.432. The Morgan fingerprint density at radius 3 is 2.61 bits per heavy atom. The van der Waals surface area contributed by atoms with Gasteiger partial charge >= 0.3 is 0 Å². The van der Waals surface area contributed by atoms with Gasteiger partial charge in [-0.05, 0) is 61.8 Å². The van der Waals surface area contributed by atoms with E-state index in [1.807, 2.05) is 43.1 Å². The molecule has 0 atom stereocenters. The van der Waals surface area contributed by atoms with E-state index in [4.69, 9.17) is 0 Å². The van der Waals surface area contributed by atoms with Crippen LogP contribution in [0.3, 0.4) is 0 Å². The Labute approximate surface area is 194 Å². The molecule has 1 aromatic heterocycles. The van der Waals surface area contributed by atoms with Crippen LogP contribution in [0, 0.1) is 5.82 Å². The van der Waals surface area contributed by atoms with E-state index in [0.29, 0.717) is 31.7 Å². The number of halogens is 1. The molecule has 33 heavy (non-hydrogen) atoms. The van der Waals surface area contributed by atoms with Crippen molar-refractivity contribution in [2.45, 2.75) is 33.2 Å². The summed E-state index contributed by atoms with van der Waals surface area (Å²) < 4.78 is 13.9. The fourth-order valence-electron chi connectivity index (χ4n) is 4.64. The number of H-pyrrole nitrogens is 1. The fourth-order valence-corrected chi connectivity index (χ4v) is 4.64. The first-order valence-corrected chi connectivity index (χ1v) is 11.5. The lowest BCUT2D eigenvalue weighted by Crippen LogP contribution is -2.38. The molecule has 0 aliphatic carbocycles. The second-order valence-corrected chi connectivity index (χ2v) is 8.70. The second-order valence-electron chi connectivity index (χ2n) is 8.70. The molecule has 4 rings (SSSR count). The van der Waals surface area contributed by atoms with Crippen LogP contribution in [0.1, 0.15) is 41.9 Å². The number of aromatic amines is 1. The third-order valence-electron chi connectivity index (χ3n) is 6.42. The molecule has 1 aliphatic rings. The lowest BCUT2D eigenvalue weighted by atomic mass is 10.1. The van der Waals surface area contributed by atoms with Gasteiger partial charge in [-0.1, -0.05) is 25.1 Å². The number of benzene rings is 2. The van der Waals surface area contributed by atoms with Crippen molar-refractivity contribution >= 4 is 28.4 Å². The molecular formula is C26H31FN4O2. The van der Waals surface area contributed by atoms with Crippen LogP contribution in [0.5, 0.6) is 0 Å². The largest absolute Gasteiger partial charge is 0.350 e. The van der Waals surface area contributed by atoms with Crippen molar-refractivity contribution in [1.29, 1.82) is 0 Å². The van der Waals surface area contributed by atoms with Gasteiger partial charge in [0.2, 0.25) is 5.91 Å². The number of aryl methyl sites for hydroxylation is 1. The predicted octanol–water partition coefficient (Wildman–Crippen LogP) is 4.20. The van der Waals surface area contributed by atoms with Gasteiger partial charge < -0.3 is 19.7 Å². The maximum atomic E-state index is 13.9. The van der Waals surface area contributed by atoms with Crippen molar-refractivity contribution < 1.29 is 14.0 Å². The lowest BCUT2D eigenvalue weighted by Gasteiger charge is -2.27. The highest BCUT2D eigenvalue weighted by molar-refractivity contribution is 6.01.